The van der Waals surface area contributed by atoms with Gasteiger partial charge in [0.1, 0.15) is 0 Å². The number of hydrogen-bond acceptors (Lipinski definition) is 4. The van der Waals surface area contributed by atoms with Crippen molar-refractivity contribution in [3.05, 3.63) is 29.8 Å². The van der Waals surface area contributed by atoms with Crippen LogP contribution in [0.15, 0.2) is 24.3 Å². The van der Waals surface area contributed by atoms with E-state index in [0.717, 1.165) is 25.3 Å². The molecular weight excluding hydrogens is 272 g/mol. The second-order valence-corrected chi connectivity index (χ2v) is 4.47. The highest BCUT2D eigenvalue weighted by atomic mass is 16.5. The molecule has 5 nitrogen and oxygen atoms in total. The van der Waals surface area contributed by atoms with Gasteiger partial charge in [-0.2, -0.15) is 0 Å². The van der Waals surface area contributed by atoms with Crippen molar-refractivity contribution in [2.75, 3.05) is 13.7 Å². The van der Waals surface area contributed by atoms with E-state index in [9.17, 15) is 9.59 Å². The van der Waals surface area contributed by atoms with Crippen LogP contribution in [0.4, 0.5) is 0 Å². The lowest BCUT2D eigenvalue weighted by atomic mass is 10.1. The quantitative estimate of drug-likeness (QED) is 0.430. The molecule has 0 saturated heterocycles. The maximum Gasteiger partial charge on any atom is 0.376 e. The van der Waals surface area contributed by atoms with Gasteiger partial charge in [-0.1, -0.05) is 31.9 Å². The summed E-state index contributed by atoms with van der Waals surface area (Å²) in [7, 11) is 1.53. The van der Waals surface area contributed by atoms with Gasteiger partial charge in [-0.15, -0.1) is 0 Å². The van der Waals surface area contributed by atoms with Crippen LogP contribution in [-0.4, -0.2) is 30.6 Å². The van der Waals surface area contributed by atoms with Crippen molar-refractivity contribution in [1.82, 2.24) is 0 Å². The molecule has 0 radical (unpaired) electrons. The first-order chi connectivity index (χ1) is 10.1. The number of carbonyl (C=O) groups excluding carboxylic acids is 1. The van der Waals surface area contributed by atoms with Gasteiger partial charge in [0.2, 0.25) is 0 Å². The minimum absolute atomic E-state index is 0.552. The van der Waals surface area contributed by atoms with Crippen LogP contribution in [0, 0.1) is 0 Å². The molecule has 21 heavy (non-hydrogen) atoms. The monoisotopic (exact) mass is 292 g/mol. The van der Waals surface area contributed by atoms with E-state index in [1.165, 1.54) is 13.2 Å². The number of carboxylic acid groups (broad SMARTS) is 1. The van der Waals surface area contributed by atoms with Crippen LogP contribution >= 0.6 is 0 Å². The minimum atomic E-state index is -1.48. The van der Waals surface area contributed by atoms with Gasteiger partial charge in [0.25, 0.3) is 5.78 Å². The van der Waals surface area contributed by atoms with Crippen LogP contribution < -0.4 is 9.47 Å². The fraction of sp³-hybridized carbons (Fsp3) is 0.375. The molecule has 1 aromatic carbocycles. The molecule has 5 heteroatoms. The lowest BCUT2D eigenvalue weighted by Crippen LogP contribution is -2.08. The molecule has 0 amide bonds. The Labute approximate surface area is 124 Å². The second-order valence-electron chi connectivity index (χ2n) is 4.47. The molecule has 0 aromatic heterocycles. The van der Waals surface area contributed by atoms with Crippen molar-refractivity contribution in [2.24, 2.45) is 0 Å². The maximum absolute atomic E-state index is 11.0. The molecule has 114 valence electrons. The van der Waals surface area contributed by atoms with E-state index in [0.29, 0.717) is 23.7 Å². The third kappa shape index (κ3) is 5.69. The lowest BCUT2D eigenvalue weighted by Gasteiger charge is -2.11. The average Bonchev–Trinajstić information content (AvgIpc) is 2.49. The Morgan fingerprint density at radius 1 is 1.24 bits per heavy atom. The highest BCUT2D eigenvalue weighted by Crippen LogP contribution is 2.28. The zero-order chi connectivity index (χ0) is 15.7. The first kappa shape index (κ1) is 16.8. The SMILES string of the molecule is CCCCCOc1ccc(/C=C/C(=O)C(=O)O)cc1OC. The molecule has 0 bridgehead atoms. The summed E-state index contributed by atoms with van der Waals surface area (Å²) in [5.74, 6) is -1.25. The number of carbonyl (C=O) groups is 2. The Hall–Kier alpha value is -2.30. The van der Waals surface area contributed by atoms with Crippen molar-refractivity contribution in [3.63, 3.8) is 0 Å². The summed E-state index contributed by atoms with van der Waals surface area (Å²) in [5, 5.41) is 8.50. The zero-order valence-electron chi connectivity index (χ0n) is 12.3. The Morgan fingerprint density at radius 3 is 2.62 bits per heavy atom. The Morgan fingerprint density at radius 2 is 2.00 bits per heavy atom. The van der Waals surface area contributed by atoms with E-state index >= 15 is 0 Å². The van der Waals surface area contributed by atoms with Gasteiger partial charge in [0, 0.05) is 0 Å². The number of ether oxygens (including phenoxy) is 2. The molecule has 0 spiro atoms. The highest BCUT2D eigenvalue weighted by molar-refractivity contribution is 6.38. The molecule has 0 heterocycles. The van der Waals surface area contributed by atoms with Crippen LogP contribution in [0.1, 0.15) is 31.7 Å². The van der Waals surface area contributed by atoms with Crippen molar-refractivity contribution < 1.29 is 24.2 Å². The van der Waals surface area contributed by atoms with Gasteiger partial charge in [-0.25, -0.2) is 4.79 Å². The van der Waals surface area contributed by atoms with Gasteiger partial charge in [-0.3, -0.25) is 4.79 Å². The summed E-state index contributed by atoms with van der Waals surface area (Å²) in [6.07, 6.45) is 5.66. The Kier molecular flexibility index (Phi) is 7.01. The number of aliphatic carboxylic acids is 1. The van der Waals surface area contributed by atoms with E-state index in [4.69, 9.17) is 14.6 Å². The molecule has 0 fully saturated rings. The predicted octanol–water partition coefficient (Wildman–Crippen LogP) is 2.93. The van der Waals surface area contributed by atoms with Crippen molar-refractivity contribution in [2.45, 2.75) is 26.2 Å². The lowest BCUT2D eigenvalue weighted by molar-refractivity contribution is -0.146. The van der Waals surface area contributed by atoms with Crippen molar-refractivity contribution in [1.29, 1.82) is 0 Å². The largest absolute Gasteiger partial charge is 0.493 e. The molecule has 1 rings (SSSR count). The van der Waals surface area contributed by atoms with Crippen LogP contribution in [0.3, 0.4) is 0 Å². The van der Waals surface area contributed by atoms with Gasteiger partial charge in [0.15, 0.2) is 11.5 Å². The van der Waals surface area contributed by atoms with E-state index in [1.807, 2.05) is 0 Å². The van der Waals surface area contributed by atoms with Gasteiger partial charge >= 0.3 is 5.97 Å². The Bertz CT molecular complexity index is 519. The Balaban J connectivity index is 2.74. The van der Waals surface area contributed by atoms with E-state index in [-0.39, 0.29) is 0 Å². The van der Waals surface area contributed by atoms with Crippen molar-refractivity contribution >= 4 is 17.8 Å². The normalized spacial score (nSPS) is 10.6. The third-order valence-electron chi connectivity index (χ3n) is 2.83. The number of rotatable bonds is 9. The number of ketones is 1. The number of carboxylic acids is 1. The maximum atomic E-state index is 11.0. The number of methoxy groups -OCH3 is 1. The van der Waals surface area contributed by atoms with Gasteiger partial charge in [0.05, 0.1) is 13.7 Å². The molecule has 0 unspecified atom stereocenters. The highest BCUT2D eigenvalue weighted by Gasteiger charge is 2.07. The van der Waals surface area contributed by atoms with Crippen LogP contribution in [0.25, 0.3) is 6.08 Å². The summed E-state index contributed by atoms with van der Waals surface area (Å²) in [6.45, 7) is 2.75. The summed E-state index contributed by atoms with van der Waals surface area (Å²) >= 11 is 0. The fourth-order valence-corrected chi connectivity index (χ4v) is 1.68. The van der Waals surface area contributed by atoms with Crippen LogP contribution in [-0.2, 0) is 9.59 Å². The standard InChI is InChI=1S/C16H20O5/c1-3-4-5-10-21-14-9-7-12(11-15(14)20-2)6-8-13(17)16(18)19/h6-9,11H,3-5,10H2,1-2H3,(H,18,19)/b8-6+. The van der Waals surface area contributed by atoms with E-state index < -0.39 is 11.8 Å². The van der Waals surface area contributed by atoms with Crippen LogP contribution in [0.2, 0.25) is 0 Å². The van der Waals surface area contributed by atoms with Crippen molar-refractivity contribution in [3.8, 4) is 11.5 Å². The molecule has 0 aliphatic rings. The predicted molar refractivity (Wildman–Crippen MR) is 79.7 cm³/mol. The van der Waals surface area contributed by atoms with Gasteiger partial charge < -0.3 is 14.6 Å². The molecule has 0 aliphatic carbocycles. The first-order valence-corrected chi connectivity index (χ1v) is 6.84. The molecule has 1 aromatic rings. The van der Waals surface area contributed by atoms with E-state index in [1.54, 1.807) is 18.2 Å². The zero-order valence-corrected chi connectivity index (χ0v) is 12.3. The van der Waals surface area contributed by atoms with Crippen LogP contribution in [0.5, 0.6) is 11.5 Å². The smallest absolute Gasteiger partial charge is 0.376 e. The topological polar surface area (TPSA) is 72.8 Å². The minimum Gasteiger partial charge on any atom is -0.493 e. The fourth-order valence-electron chi connectivity index (χ4n) is 1.68. The number of hydrogen-bond donors (Lipinski definition) is 1. The second kappa shape index (κ2) is 8.79. The number of unbranched alkanes of at least 4 members (excludes halogenated alkanes) is 2. The molecule has 0 aliphatic heterocycles. The summed E-state index contributed by atoms with van der Waals surface area (Å²) in [4.78, 5) is 21.4. The van der Waals surface area contributed by atoms with Gasteiger partial charge in [-0.05, 0) is 30.2 Å². The summed E-state index contributed by atoms with van der Waals surface area (Å²) in [6, 6.07) is 5.18. The molecule has 0 atom stereocenters. The number of benzene rings is 1. The molecule has 1 N–H and O–H groups in total. The third-order valence-corrected chi connectivity index (χ3v) is 2.83. The van der Waals surface area contributed by atoms with E-state index in [2.05, 4.69) is 6.92 Å². The molecular formula is C16H20O5. The summed E-state index contributed by atoms with van der Waals surface area (Å²) < 4.78 is 10.9. The first-order valence-electron chi connectivity index (χ1n) is 6.84. The average molecular weight is 292 g/mol. The summed E-state index contributed by atoms with van der Waals surface area (Å²) in [5.41, 5.74) is 0.669. The molecule has 0 saturated carbocycles.